The standard InChI is InChI=1S/C14H17N3O2/c1-16(10-11-18)14(19)15-12-4-6-13(7-5-12)17-8-2-3-9-17/h2-9,18H,10-11H2,1H3,(H,15,19). The minimum Gasteiger partial charge on any atom is -0.395 e. The van der Waals surface area contributed by atoms with Gasteiger partial charge in [0.15, 0.2) is 0 Å². The molecule has 2 aromatic rings. The smallest absolute Gasteiger partial charge is 0.321 e. The van der Waals surface area contributed by atoms with Crippen molar-refractivity contribution in [1.29, 1.82) is 0 Å². The maximum absolute atomic E-state index is 11.7. The fraction of sp³-hybridized carbons (Fsp3) is 0.214. The third-order valence-electron chi connectivity index (χ3n) is 2.80. The van der Waals surface area contributed by atoms with Crippen LogP contribution in [0.2, 0.25) is 0 Å². The quantitative estimate of drug-likeness (QED) is 0.881. The molecule has 2 rings (SSSR count). The van der Waals surface area contributed by atoms with E-state index in [0.29, 0.717) is 6.54 Å². The molecular weight excluding hydrogens is 242 g/mol. The zero-order valence-corrected chi connectivity index (χ0v) is 10.8. The Morgan fingerprint density at radius 3 is 2.47 bits per heavy atom. The molecule has 100 valence electrons. The highest BCUT2D eigenvalue weighted by Crippen LogP contribution is 2.13. The van der Waals surface area contributed by atoms with Crippen LogP contribution < -0.4 is 5.32 Å². The summed E-state index contributed by atoms with van der Waals surface area (Å²) >= 11 is 0. The van der Waals surface area contributed by atoms with E-state index < -0.39 is 0 Å². The highest BCUT2D eigenvalue weighted by atomic mass is 16.3. The van der Waals surface area contributed by atoms with Crippen LogP contribution in [0, 0.1) is 0 Å². The monoisotopic (exact) mass is 259 g/mol. The molecule has 5 nitrogen and oxygen atoms in total. The summed E-state index contributed by atoms with van der Waals surface area (Å²) in [7, 11) is 1.64. The summed E-state index contributed by atoms with van der Waals surface area (Å²) in [5.74, 6) is 0. The van der Waals surface area contributed by atoms with Crippen molar-refractivity contribution in [2.24, 2.45) is 0 Å². The van der Waals surface area contributed by atoms with Gasteiger partial charge in [-0.05, 0) is 36.4 Å². The number of likely N-dealkylation sites (N-methyl/N-ethyl adjacent to an activating group) is 1. The molecule has 0 radical (unpaired) electrons. The summed E-state index contributed by atoms with van der Waals surface area (Å²) in [6.07, 6.45) is 3.92. The maximum Gasteiger partial charge on any atom is 0.321 e. The van der Waals surface area contributed by atoms with E-state index in [4.69, 9.17) is 5.11 Å². The molecule has 0 spiro atoms. The molecule has 0 saturated heterocycles. The summed E-state index contributed by atoms with van der Waals surface area (Å²) in [5.41, 5.74) is 1.76. The normalized spacial score (nSPS) is 10.2. The molecule has 2 amide bonds. The average Bonchev–Trinajstić information content (AvgIpc) is 2.94. The van der Waals surface area contributed by atoms with Crippen LogP contribution in [0.3, 0.4) is 0 Å². The lowest BCUT2D eigenvalue weighted by Gasteiger charge is -2.16. The molecule has 0 aliphatic rings. The summed E-state index contributed by atoms with van der Waals surface area (Å²) in [6, 6.07) is 11.2. The van der Waals surface area contributed by atoms with Crippen LogP contribution in [0.4, 0.5) is 10.5 Å². The fourth-order valence-electron chi connectivity index (χ4n) is 1.69. The number of urea groups is 1. The maximum atomic E-state index is 11.7. The van der Waals surface area contributed by atoms with Crippen LogP contribution in [0.1, 0.15) is 0 Å². The van der Waals surface area contributed by atoms with Gasteiger partial charge in [-0.25, -0.2) is 4.79 Å². The zero-order chi connectivity index (χ0) is 13.7. The molecule has 0 saturated carbocycles. The highest BCUT2D eigenvalue weighted by Gasteiger charge is 2.07. The Hall–Kier alpha value is -2.27. The van der Waals surface area contributed by atoms with Crippen LogP contribution in [0.25, 0.3) is 5.69 Å². The van der Waals surface area contributed by atoms with Crippen molar-refractivity contribution >= 4 is 11.7 Å². The van der Waals surface area contributed by atoms with Gasteiger partial charge < -0.3 is 19.9 Å². The number of aromatic nitrogens is 1. The van der Waals surface area contributed by atoms with Crippen LogP contribution in [-0.2, 0) is 0 Å². The number of nitrogens with zero attached hydrogens (tertiary/aromatic N) is 2. The van der Waals surface area contributed by atoms with Gasteiger partial charge in [0, 0.05) is 37.4 Å². The molecule has 0 aliphatic heterocycles. The van der Waals surface area contributed by atoms with E-state index in [1.807, 2.05) is 53.4 Å². The molecule has 1 aromatic carbocycles. The molecule has 1 aromatic heterocycles. The Morgan fingerprint density at radius 1 is 1.26 bits per heavy atom. The highest BCUT2D eigenvalue weighted by molar-refractivity contribution is 5.89. The van der Waals surface area contributed by atoms with Gasteiger partial charge in [-0.2, -0.15) is 0 Å². The second-order valence-corrected chi connectivity index (χ2v) is 4.21. The second-order valence-electron chi connectivity index (χ2n) is 4.21. The molecular formula is C14H17N3O2. The van der Waals surface area contributed by atoms with Crippen LogP contribution in [0.15, 0.2) is 48.8 Å². The average molecular weight is 259 g/mol. The van der Waals surface area contributed by atoms with Crippen molar-refractivity contribution in [1.82, 2.24) is 9.47 Å². The van der Waals surface area contributed by atoms with E-state index in [9.17, 15) is 4.79 Å². The van der Waals surface area contributed by atoms with Crippen molar-refractivity contribution in [3.8, 4) is 5.69 Å². The molecule has 0 aliphatic carbocycles. The van der Waals surface area contributed by atoms with Crippen molar-refractivity contribution in [2.45, 2.75) is 0 Å². The number of rotatable bonds is 4. The van der Waals surface area contributed by atoms with Gasteiger partial charge in [0.05, 0.1) is 6.61 Å². The molecule has 2 N–H and O–H groups in total. The number of hydrogen-bond donors (Lipinski definition) is 2. The number of hydrogen-bond acceptors (Lipinski definition) is 2. The number of carbonyl (C=O) groups excluding carboxylic acids is 1. The Morgan fingerprint density at radius 2 is 1.89 bits per heavy atom. The minimum atomic E-state index is -0.234. The largest absolute Gasteiger partial charge is 0.395 e. The van der Waals surface area contributed by atoms with E-state index >= 15 is 0 Å². The first kappa shape index (κ1) is 13.2. The third-order valence-corrected chi connectivity index (χ3v) is 2.80. The molecule has 0 fully saturated rings. The topological polar surface area (TPSA) is 57.5 Å². The lowest BCUT2D eigenvalue weighted by molar-refractivity contribution is 0.202. The van der Waals surface area contributed by atoms with Crippen LogP contribution in [0.5, 0.6) is 0 Å². The molecule has 1 heterocycles. The minimum absolute atomic E-state index is 0.0452. The van der Waals surface area contributed by atoms with Crippen molar-refractivity contribution in [3.05, 3.63) is 48.8 Å². The van der Waals surface area contributed by atoms with Crippen molar-refractivity contribution < 1.29 is 9.90 Å². The first-order valence-corrected chi connectivity index (χ1v) is 6.07. The van der Waals surface area contributed by atoms with Gasteiger partial charge in [0.25, 0.3) is 0 Å². The number of aliphatic hydroxyl groups is 1. The Bertz CT molecular complexity index is 520. The van der Waals surface area contributed by atoms with Gasteiger partial charge in [-0.15, -0.1) is 0 Å². The second kappa shape index (κ2) is 6.06. The van der Waals surface area contributed by atoms with E-state index in [2.05, 4.69) is 5.32 Å². The van der Waals surface area contributed by atoms with Gasteiger partial charge >= 0.3 is 6.03 Å². The predicted octanol–water partition coefficient (Wildman–Crippen LogP) is 1.93. The zero-order valence-electron chi connectivity index (χ0n) is 10.8. The summed E-state index contributed by atoms with van der Waals surface area (Å²) < 4.78 is 1.99. The summed E-state index contributed by atoms with van der Waals surface area (Å²) in [6.45, 7) is 0.268. The lowest BCUT2D eigenvalue weighted by atomic mass is 10.3. The van der Waals surface area contributed by atoms with E-state index in [-0.39, 0.29) is 12.6 Å². The summed E-state index contributed by atoms with van der Waals surface area (Å²) in [4.78, 5) is 13.1. The molecule has 5 heteroatoms. The molecule has 0 atom stereocenters. The van der Waals surface area contributed by atoms with Gasteiger partial charge in [-0.1, -0.05) is 0 Å². The van der Waals surface area contributed by atoms with E-state index in [1.165, 1.54) is 4.90 Å². The number of nitrogens with one attached hydrogen (secondary N) is 1. The summed E-state index contributed by atoms with van der Waals surface area (Å²) in [5, 5.41) is 11.5. The van der Waals surface area contributed by atoms with E-state index in [0.717, 1.165) is 11.4 Å². The number of anilines is 1. The Labute approximate surface area is 112 Å². The van der Waals surface area contributed by atoms with Gasteiger partial charge in [0.2, 0.25) is 0 Å². The van der Waals surface area contributed by atoms with Crippen LogP contribution >= 0.6 is 0 Å². The van der Waals surface area contributed by atoms with Gasteiger partial charge in [0.1, 0.15) is 0 Å². The fourth-order valence-corrected chi connectivity index (χ4v) is 1.69. The predicted molar refractivity (Wildman–Crippen MR) is 74.5 cm³/mol. The number of benzene rings is 1. The SMILES string of the molecule is CN(CCO)C(=O)Nc1ccc(-n2cccc2)cc1. The number of aliphatic hydroxyl groups excluding tert-OH is 1. The Balaban J connectivity index is 2.01. The van der Waals surface area contributed by atoms with E-state index in [1.54, 1.807) is 7.05 Å². The number of carbonyl (C=O) groups is 1. The molecule has 19 heavy (non-hydrogen) atoms. The first-order valence-electron chi connectivity index (χ1n) is 6.07. The van der Waals surface area contributed by atoms with Crippen LogP contribution in [-0.4, -0.2) is 40.8 Å². The van der Waals surface area contributed by atoms with Gasteiger partial charge in [-0.3, -0.25) is 0 Å². The first-order chi connectivity index (χ1) is 9.20. The lowest BCUT2D eigenvalue weighted by Crippen LogP contribution is -2.33. The van der Waals surface area contributed by atoms with Crippen molar-refractivity contribution in [3.63, 3.8) is 0 Å². The third kappa shape index (κ3) is 3.35. The molecule has 0 unspecified atom stereocenters. The Kier molecular flexibility index (Phi) is 4.20. The molecule has 0 bridgehead atoms. The number of amides is 2. The van der Waals surface area contributed by atoms with Crippen molar-refractivity contribution in [2.75, 3.05) is 25.5 Å².